The van der Waals surface area contributed by atoms with Crippen molar-refractivity contribution in [2.45, 2.75) is 83.0 Å². The van der Waals surface area contributed by atoms with E-state index in [4.69, 9.17) is 9.84 Å². The molecule has 1 aliphatic carbocycles. The lowest BCUT2D eigenvalue weighted by Crippen LogP contribution is -2.24. The van der Waals surface area contributed by atoms with Crippen LogP contribution in [-0.2, 0) is 9.53 Å². The first-order chi connectivity index (χ1) is 12.0. The number of hydrogen-bond donors (Lipinski definition) is 3. The van der Waals surface area contributed by atoms with Crippen LogP contribution in [0.25, 0.3) is 0 Å². The van der Waals surface area contributed by atoms with E-state index < -0.39 is 18.2 Å². The molecule has 0 aromatic rings. The van der Waals surface area contributed by atoms with Gasteiger partial charge in [-0.3, -0.25) is 4.79 Å². The topological polar surface area (TPSA) is 87.0 Å². The molecule has 0 amide bonds. The van der Waals surface area contributed by atoms with E-state index in [-0.39, 0.29) is 18.4 Å². The first kappa shape index (κ1) is 20.4. The molecule has 1 saturated carbocycles. The zero-order valence-electron chi connectivity index (χ0n) is 15.3. The highest BCUT2D eigenvalue weighted by Gasteiger charge is 2.49. The maximum atomic E-state index is 10.6. The lowest BCUT2D eigenvalue weighted by atomic mass is 9.81. The highest BCUT2D eigenvalue weighted by atomic mass is 16.5. The second kappa shape index (κ2) is 10.3. The van der Waals surface area contributed by atoms with Gasteiger partial charge in [-0.05, 0) is 31.1 Å². The minimum atomic E-state index is -0.741. The van der Waals surface area contributed by atoms with Crippen molar-refractivity contribution in [1.29, 1.82) is 0 Å². The minimum Gasteiger partial charge on any atom is -0.481 e. The van der Waals surface area contributed by atoms with E-state index in [2.05, 4.69) is 6.92 Å². The van der Waals surface area contributed by atoms with Crippen molar-refractivity contribution in [2.75, 3.05) is 6.61 Å². The van der Waals surface area contributed by atoms with Crippen LogP contribution in [0.1, 0.15) is 64.7 Å². The van der Waals surface area contributed by atoms with Gasteiger partial charge in [0.2, 0.25) is 0 Å². The average molecular weight is 354 g/mol. The number of fused-ring (bicyclic) bond motifs is 1. The fourth-order valence-corrected chi connectivity index (χ4v) is 4.38. The number of unbranched alkanes of at least 4 members (excludes halogenated alkanes) is 3. The molecule has 25 heavy (non-hydrogen) atoms. The van der Waals surface area contributed by atoms with E-state index in [0.29, 0.717) is 31.3 Å². The lowest BCUT2D eigenvalue weighted by Gasteiger charge is -2.23. The third-order valence-electron chi connectivity index (χ3n) is 5.74. The Bertz CT molecular complexity index is 436. The summed E-state index contributed by atoms with van der Waals surface area (Å²) in [5.41, 5.74) is 0. The number of ether oxygens (including phenoxy) is 1. The van der Waals surface area contributed by atoms with Crippen LogP contribution in [-0.4, -0.2) is 46.2 Å². The molecule has 2 aliphatic rings. The van der Waals surface area contributed by atoms with Crippen molar-refractivity contribution in [3.63, 3.8) is 0 Å². The van der Waals surface area contributed by atoms with Crippen molar-refractivity contribution in [2.24, 2.45) is 17.8 Å². The lowest BCUT2D eigenvalue weighted by molar-refractivity contribution is -0.137. The standard InChI is InChI=1S/C20H34O5/c1-2-3-4-8-15(21)10-11-16-17(22)12-18-20(16)14(13-25-18)7-5-6-9-19(23)24/h10-11,14-18,20-22H,2-9,12-13H2,1H3,(H,23,24)/b11-10+/t14-,15-,16?,17+,18-,20+/m0/s1. The van der Waals surface area contributed by atoms with Gasteiger partial charge >= 0.3 is 5.97 Å². The number of carbonyl (C=O) groups is 1. The van der Waals surface area contributed by atoms with Crippen LogP contribution in [0.4, 0.5) is 0 Å². The molecular formula is C20H34O5. The molecule has 3 N–H and O–H groups in total. The van der Waals surface area contributed by atoms with Gasteiger partial charge in [0.25, 0.3) is 0 Å². The Morgan fingerprint density at radius 1 is 1.28 bits per heavy atom. The highest BCUT2D eigenvalue weighted by Crippen LogP contribution is 2.46. The predicted molar refractivity (Wildman–Crippen MR) is 96.2 cm³/mol. The number of carboxylic acid groups (broad SMARTS) is 1. The van der Waals surface area contributed by atoms with E-state index in [1.807, 2.05) is 12.2 Å². The Labute approximate surface area is 151 Å². The third kappa shape index (κ3) is 6.08. The zero-order chi connectivity index (χ0) is 18.2. The summed E-state index contributed by atoms with van der Waals surface area (Å²) in [6, 6.07) is 0. The summed E-state index contributed by atoms with van der Waals surface area (Å²) in [6.07, 6.45) is 10.6. The summed E-state index contributed by atoms with van der Waals surface area (Å²) < 4.78 is 5.88. The van der Waals surface area contributed by atoms with E-state index in [1.165, 1.54) is 0 Å². The van der Waals surface area contributed by atoms with Gasteiger partial charge in [0.1, 0.15) is 0 Å². The summed E-state index contributed by atoms with van der Waals surface area (Å²) in [5.74, 6) is -0.0331. The first-order valence-electron chi connectivity index (χ1n) is 9.90. The molecule has 2 fully saturated rings. The predicted octanol–water partition coefficient (Wildman–Crippen LogP) is 3.14. The third-order valence-corrected chi connectivity index (χ3v) is 5.74. The highest BCUT2D eigenvalue weighted by molar-refractivity contribution is 5.66. The van der Waals surface area contributed by atoms with Crippen LogP contribution in [0, 0.1) is 17.8 Å². The van der Waals surface area contributed by atoms with Crippen molar-refractivity contribution in [3.8, 4) is 0 Å². The number of aliphatic hydroxyl groups excluding tert-OH is 2. The van der Waals surface area contributed by atoms with Crippen LogP contribution >= 0.6 is 0 Å². The molecule has 0 aromatic heterocycles. The SMILES string of the molecule is CCCCC[C@H](O)/C=C/C1[C@H]2[C@@H](CCCCC(=O)O)CO[C@H]2C[C@H]1O. The van der Waals surface area contributed by atoms with Gasteiger partial charge in [-0.15, -0.1) is 0 Å². The molecule has 144 valence electrons. The van der Waals surface area contributed by atoms with Crippen LogP contribution in [0.5, 0.6) is 0 Å². The maximum absolute atomic E-state index is 10.6. The van der Waals surface area contributed by atoms with E-state index in [1.54, 1.807) is 0 Å². The molecule has 0 spiro atoms. The molecule has 1 unspecified atom stereocenters. The van der Waals surface area contributed by atoms with Crippen molar-refractivity contribution >= 4 is 5.97 Å². The fraction of sp³-hybridized carbons (Fsp3) is 0.850. The summed E-state index contributed by atoms with van der Waals surface area (Å²) in [6.45, 7) is 2.85. The quantitative estimate of drug-likeness (QED) is 0.392. The first-order valence-corrected chi connectivity index (χ1v) is 9.90. The van der Waals surface area contributed by atoms with Crippen molar-refractivity contribution in [1.82, 2.24) is 0 Å². The average Bonchev–Trinajstić information content (AvgIpc) is 3.08. The van der Waals surface area contributed by atoms with Gasteiger partial charge in [0.15, 0.2) is 0 Å². The van der Waals surface area contributed by atoms with Gasteiger partial charge in [-0.25, -0.2) is 0 Å². The van der Waals surface area contributed by atoms with Crippen LogP contribution < -0.4 is 0 Å². The largest absolute Gasteiger partial charge is 0.481 e. The summed E-state index contributed by atoms with van der Waals surface area (Å²) in [7, 11) is 0. The number of hydrogen-bond acceptors (Lipinski definition) is 4. The monoisotopic (exact) mass is 354 g/mol. The molecule has 0 radical (unpaired) electrons. The Balaban J connectivity index is 1.85. The van der Waals surface area contributed by atoms with Gasteiger partial charge in [0, 0.05) is 18.8 Å². The smallest absolute Gasteiger partial charge is 0.303 e. The summed E-state index contributed by atoms with van der Waals surface area (Å²) >= 11 is 0. The van der Waals surface area contributed by atoms with E-state index in [9.17, 15) is 15.0 Å². The van der Waals surface area contributed by atoms with Gasteiger partial charge < -0.3 is 20.1 Å². The number of aliphatic hydroxyl groups is 2. The normalized spacial score (nSPS) is 33.0. The molecule has 5 nitrogen and oxygen atoms in total. The maximum Gasteiger partial charge on any atom is 0.303 e. The molecule has 1 saturated heterocycles. The van der Waals surface area contributed by atoms with E-state index in [0.717, 1.165) is 38.5 Å². The fourth-order valence-electron chi connectivity index (χ4n) is 4.38. The van der Waals surface area contributed by atoms with Crippen LogP contribution in [0.2, 0.25) is 0 Å². The Morgan fingerprint density at radius 3 is 2.80 bits per heavy atom. The summed E-state index contributed by atoms with van der Waals surface area (Å²) in [4.78, 5) is 10.6. The zero-order valence-corrected chi connectivity index (χ0v) is 15.3. The molecule has 1 aliphatic heterocycles. The Kier molecular flexibility index (Phi) is 8.40. The second-order valence-corrected chi connectivity index (χ2v) is 7.68. The Morgan fingerprint density at radius 2 is 2.08 bits per heavy atom. The van der Waals surface area contributed by atoms with Crippen LogP contribution in [0.3, 0.4) is 0 Å². The van der Waals surface area contributed by atoms with Gasteiger partial charge in [-0.2, -0.15) is 0 Å². The molecule has 0 bridgehead atoms. The van der Waals surface area contributed by atoms with E-state index >= 15 is 0 Å². The van der Waals surface area contributed by atoms with Crippen molar-refractivity contribution in [3.05, 3.63) is 12.2 Å². The molecular weight excluding hydrogens is 320 g/mol. The van der Waals surface area contributed by atoms with Gasteiger partial charge in [0.05, 0.1) is 24.9 Å². The molecule has 1 heterocycles. The second-order valence-electron chi connectivity index (χ2n) is 7.68. The van der Waals surface area contributed by atoms with Crippen molar-refractivity contribution < 1.29 is 24.9 Å². The number of rotatable bonds is 11. The molecule has 5 heteroatoms. The minimum absolute atomic E-state index is 0.0396. The number of aliphatic carboxylic acids is 1. The number of carboxylic acids is 1. The molecule has 6 atom stereocenters. The van der Waals surface area contributed by atoms with Crippen LogP contribution in [0.15, 0.2) is 12.2 Å². The molecule has 0 aromatic carbocycles. The Hall–Kier alpha value is -0.910. The van der Waals surface area contributed by atoms with Gasteiger partial charge in [-0.1, -0.05) is 44.8 Å². The summed E-state index contributed by atoms with van der Waals surface area (Å²) in [5, 5.41) is 29.2. The molecule has 2 rings (SSSR count).